The van der Waals surface area contributed by atoms with Crippen LogP contribution in [-0.4, -0.2) is 35.2 Å². The molecular formula is C21H30N4O3S. The highest BCUT2D eigenvalue weighted by Crippen LogP contribution is 2.28. The van der Waals surface area contributed by atoms with Gasteiger partial charge in [-0.1, -0.05) is 52.4 Å². The van der Waals surface area contributed by atoms with E-state index < -0.39 is 6.04 Å². The molecule has 1 heterocycles. The Morgan fingerprint density at radius 2 is 1.83 bits per heavy atom. The van der Waals surface area contributed by atoms with Crippen LogP contribution in [0, 0.1) is 11.3 Å². The summed E-state index contributed by atoms with van der Waals surface area (Å²) in [6, 6.07) is 6.85. The minimum absolute atomic E-state index is 0.00658. The lowest BCUT2D eigenvalue weighted by Crippen LogP contribution is -2.48. The van der Waals surface area contributed by atoms with Crippen LogP contribution in [0.25, 0.3) is 10.6 Å². The number of anilines is 1. The number of rotatable bonds is 8. The van der Waals surface area contributed by atoms with Gasteiger partial charge in [-0.05, 0) is 35.6 Å². The molecule has 0 bridgehead atoms. The Bertz CT molecular complexity index is 827. The van der Waals surface area contributed by atoms with Crippen LogP contribution >= 0.6 is 11.3 Å². The summed E-state index contributed by atoms with van der Waals surface area (Å²) < 4.78 is 5.16. The zero-order valence-corrected chi connectivity index (χ0v) is 18.7. The maximum absolute atomic E-state index is 12.8. The number of nitrogens with one attached hydrogen (secondary N) is 2. The summed E-state index contributed by atoms with van der Waals surface area (Å²) >= 11 is 1.29. The Morgan fingerprint density at radius 3 is 2.38 bits per heavy atom. The monoisotopic (exact) mass is 418 g/mol. The van der Waals surface area contributed by atoms with E-state index >= 15 is 0 Å². The molecule has 2 amide bonds. The lowest BCUT2D eigenvalue weighted by atomic mass is 9.91. The first-order chi connectivity index (χ1) is 13.6. The first kappa shape index (κ1) is 22.8. The highest BCUT2D eigenvalue weighted by molar-refractivity contribution is 7.18. The molecule has 0 saturated heterocycles. The van der Waals surface area contributed by atoms with E-state index in [9.17, 15) is 9.59 Å². The quantitative estimate of drug-likeness (QED) is 0.673. The van der Waals surface area contributed by atoms with Gasteiger partial charge in [0.15, 0.2) is 0 Å². The zero-order valence-electron chi connectivity index (χ0n) is 17.9. The number of hydrogen-bond acceptors (Lipinski definition) is 6. The van der Waals surface area contributed by atoms with E-state index in [0.29, 0.717) is 16.6 Å². The van der Waals surface area contributed by atoms with Crippen molar-refractivity contribution in [3.8, 4) is 16.3 Å². The van der Waals surface area contributed by atoms with Crippen LogP contribution in [0.2, 0.25) is 0 Å². The maximum Gasteiger partial charge on any atom is 0.249 e. The second-order valence-corrected chi connectivity index (χ2v) is 9.28. The predicted molar refractivity (Wildman–Crippen MR) is 116 cm³/mol. The molecule has 0 saturated carbocycles. The highest BCUT2D eigenvalue weighted by Gasteiger charge is 2.28. The minimum Gasteiger partial charge on any atom is -0.497 e. The molecule has 2 aromatic rings. The second kappa shape index (κ2) is 9.82. The smallest absolute Gasteiger partial charge is 0.249 e. The third kappa shape index (κ3) is 6.81. The molecule has 0 aliphatic heterocycles. The van der Waals surface area contributed by atoms with Gasteiger partial charge in [0.1, 0.15) is 16.8 Å². The van der Waals surface area contributed by atoms with Crippen LogP contribution in [-0.2, 0) is 9.59 Å². The summed E-state index contributed by atoms with van der Waals surface area (Å²) in [7, 11) is 1.61. The average molecular weight is 419 g/mol. The summed E-state index contributed by atoms with van der Waals surface area (Å²) in [4.78, 5) is 25.2. The molecule has 0 unspecified atom stereocenters. The number of hydrogen-bond donors (Lipinski definition) is 2. The van der Waals surface area contributed by atoms with Gasteiger partial charge in [-0.25, -0.2) is 0 Å². The van der Waals surface area contributed by atoms with Crippen LogP contribution in [0.15, 0.2) is 24.3 Å². The van der Waals surface area contributed by atoms with Gasteiger partial charge in [0, 0.05) is 12.0 Å². The summed E-state index contributed by atoms with van der Waals surface area (Å²) in [6.45, 7) is 9.92. The van der Waals surface area contributed by atoms with Gasteiger partial charge in [-0.3, -0.25) is 14.9 Å². The topological polar surface area (TPSA) is 93.2 Å². The number of amides is 2. The summed E-state index contributed by atoms with van der Waals surface area (Å²) in [5.41, 5.74) is 0.744. The molecule has 0 aliphatic carbocycles. The van der Waals surface area contributed by atoms with Gasteiger partial charge in [0.25, 0.3) is 0 Å². The Hall–Kier alpha value is -2.48. The molecule has 1 aromatic carbocycles. The first-order valence-electron chi connectivity index (χ1n) is 9.71. The van der Waals surface area contributed by atoms with Crippen molar-refractivity contribution in [2.45, 2.75) is 53.5 Å². The van der Waals surface area contributed by atoms with Crippen LogP contribution in [0.1, 0.15) is 47.5 Å². The number of carbonyl (C=O) groups excluding carboxylic acids is 2. The van der Waals surface area contributed by atoms with Gasteiger partial charge >= 0.3 is 0 Å². The van der Waals surface area contributed by atoms with E-state index in [1.54, 1.807) is 7.11 Å². The van der Waals surface area contributed by atoms with Gasteiger partial charge in [0.2, 0.25) is 16.9 Å². The van der Waals surface area contributed by atoms with E-state index in [1.807, 2.05) is 58.9 Å². The largest absolute Gasteiger partial charge is 0.497 e. The van der Waals surface area contributed by atoms with Crippen molar-refractivity contribution < 1.29 is 14.3 Å². The van der Waals surface area contributed by atoms with E-state index in [4.69, 9.17) is 4.74 Å². The number of nitrogens with zero attached hydrogens (tertiary/aromatic N) is 2. The van der Waals surface area contributed by atoms with Crippen molar-refractivity contribution in [1.29, 1.82) is 0 Å². The fourth-order valence-corrected chi connectivity index (χ4v) is 3.47. The minimum atomic E-state index is -0.622. The van der Waals surface area contributed by atoms with Crippen LogP contribution < -0.4 is 15.4 Å². The lowest BCUT2D eigenvalue weighted by Gasteiger charge is -2.25. The maximum atomic E-state index is 12.8. The average Bonchev–Trinajstić information content (AvgIpc) is 3.12. The Labute approximate surface area is 176 Å². The molecule has 8 heteroatoms. The molecule has 7 nitrogen and oxygen atoms in total. The Balaban J connectivity index is 2.08. The van der Waals surface area contributed by atoms with Gasteiger partial charge < -0.3 is 10.1 Å². The van der Waals surface area contributed by atoms with Gasteiger partial charge in [0.05, 0.1) is 7.11 Å². The van der Waals surface area contributed by atoms with Gasteiger partial charge in [-0.15, -0.1) is 10.2 Å². The third-order valence-corrected chi connectivity index (χ3v) is 5.38. The first-order valence-corrected chi connectivity index (χ1v) is 10.5. The van der Waals surface area contributed by atoms with E-state index in [-0.39, 0.29) is 23.1 Å². The fourth-order valence-electron chi connectivity index (χ4n) is 2.72. The molecule has 2 atom stereocenters. The molecule has 1 aromatic heterocycles. The van der Waals surface area contributed by atoms with E-state index in [1.165, 1.54) is 11.3 Å². The molecule has 0 aliphatic rings. The number of methoxy groups -OCH3 is 1. The molecule has 0 spiro atoms. The highest BCUT2D eigenvalue weighted by atomic mass is 32.1. The Kier molecular flexibility index (Phi) is 7.73. The fraction of sp³-hybridized carbons (Fsp3) is 0.524. The number of ether oxygens (including phenoxy) is 1. The van der Waals surface area contributed by atoms with Crippen molar-refractivity contribution >= 4 is 28.3 Å². The second-order valence-electron chi connectivity index (χ2n) is 8.30. The van der Waals surface area contributed by atoms with Crippen LogP contribution in [0.4, 0.5) is 5.13 Å². The molecular weight excluding hydrogens is 388 g/mol. The normalized spacial score (nSPS) is 13.4. The van der Waals surface area contributed by atoms with Crippen LogP contribution in [0.5, 0.6) is 5.75 Å². The molecule has 2 N–H and O–H groups in total. The van der Waals surface area contributed by atoms with E-state index in [2.05, 4.69) is 20.8 Å². The number of carbonyl (C=O) groups is 2. The predicted octanol–water partition coefficient (Wildman–Crippen LogP) is 4.12. The lowest BCUT2D eigenvalue weighted by molar-refractivity contribution is -0.128. The molecule has 0 radical (unpaired) electrons. The van der Waals surface area contributed by atoms with Crippen molar-refractivity contribution in [2.24, 2.45) is 11.3 Å². The summed E-state index contributed by atoms with van der Waals surface area (Å²) in [5.74, 6) is 0.343. The van der Waals surface area contributed by atoms with Crippen molar-refractivity contribution in [3.63, 3.8) is 0 Å². The molecule has 2 rings (SSSR count). The van der Waals surface area contributed by atoms with Gasteiger partial charge in [-0.2, -0.15) is 0 Å². The SMILES string of the molecule is CC[C@@H](C)[C@@H](NC(=O)CC(C)(C)C)C(=O)Nc1nnc(-c2ccc(OC)cc2)s1. The Morgan fingerprint density at radius 1 is 1.17 bits per heavy atom. The number of benzene rings is 1. The number of aromatic nitrogens is 2. The van der Waals surface area contributed by atoms with Crippen LogP contribution in [0.3, 0.4) is 0 Å². The van der Waals surface area contributed by atoms with Crippen molar-refractivity contribution in [2.75, 3.05) is 12.4 Å². The van der Waals surface area contributed by atoms with E-state index in [0.717, 1.165) is 17.7 Å². The summed E-state index contributed by atoms with van der Waals surface area (Å²) in [5, 5.41) is 15.0. The summed E-state index contributed by atoms with van der Waals surface area (Å²) in [6.07, 6.45) is 1.12. The third-order valence-electron chi connectivity index (χ3n) is 4.49. The van der Waals surface area contributed by atoms with Crippen molar-refractivity contribution in [3.05, 3.63) is 24.3 Å². The zero-order chi connectivity index (χ0) is 21.6. The molecule has 29 heavy (non-hydrogen) atoms. The standard InChI is InChI=1S/C21H30N4O3S/c1-7-13(2)17(22-16(26)12-21(3,4)5)18(27)23-20-25-24-19(29-20)14-8-10-15(28-6)11-9-14/h8-11,13,17H,7,12H2,1-6H3,(H,22,26)(H,23,25,27)/t13-,17-/m1/s1. The van der Waals surface area contributed by atoms with Crippen molar-refractivity contribution in [1.82, 2.24) is 15.5 Å². The molecule has 0 fully saturated rings. The molecule has 158 valence electrons.